The maximum Gasteiger partial charge on any atom is 0.333 e. The van der Waals surface area contributed by atoms with Gasteiger partial charge in [-0.1, -0.05) is 59.3 Å². The summed E-state index contributed by atoms with van der Waals surface area (Å²) in [5.41, 5.74) is 1.21. The van der Waals surface area contributed by atoms with E-state index in [-0.39, 0.29) is 17.5 Å². The van der Waals surface area contributed by atoms with E-state index in [1.54, 1.807) is 6.92 Å². The smallest absolute Gasteiger partial charge is 0.333 e. The van der Waals surface area contributed by atoms with Gasteiger partial charge in [-0.2, -0.15) is 0 Å². The molecule has 0 spiro atoms. The summed E-state index contributed by atoms with van der Waals surface area (Å²) in [4.78, 5) is 31.0. The molecule has 0 aliphatic rings. The molecule has 0 bridgehead atoms. The Morgan fingerprint density at radius 1 is 0.852 bits per heavy atom. The SMILES string of the molecule is C=C(C)C(=O)O.C=C(C)C(=O)OC.C=C(CCC)C(=O)OCCCCCC. The lowest BCUT2D eigenvalue weighted by atomic mass is 10.2. The molecule has 0 saturated heterocycles. The molecular formula is C21H36O6. The molecule has 0 unspecified atom stereocenters. The van der Waals surface area contributed by atoms with E-state index < -0.39 is 5.97 Å². The molecule has 1 N–H and O–H groups in total. The van der Waals surface area contributed by atoms with Crippen molar-refractivity contribution in [2.45, 2.75) is 66.2 Å². The quantitative estimate of drug-likeness (QED) is 0.329. The van der Waals surface area contributed by atoms with Crippen LogP contribution in [-0.2, 0) is 23.9 Å². The van der Waals surface area contributed by atoms with E-state index in [1.807, 2.05) is 6.92 Å². The molecule has 0 aromatic rings. The number of carboxylic acids is 1. The lowest BCUT2D eigenvalue weighted by Gasteiger charge is -2.05. The summed E-state index contributed by atoms with van der Waals surface area (Å²) in [6, 6.07) is 0. The van der Waals surface area contributed by atoms with Crippen LogP contribution in [0.1, 0.15) is 66.2 Å². The Morgan fingerprint density at radius 2 is 1.37 bits per heavy atom. The summed E-state index contributed by atoms with van der Waals surface area (Å²) >= 11 is 0. The minimum Gasteiger partial charge on any atom is -0.478 e. The van der Waals surface area contributed by atoms with Crippen molar-refractivity contribution in [3.8, 4) is 0 Å². The van der Waals surface area contributed by atoms with Crippen molar-refractivity contribution < 1.29 is 29.0 Å². The normalized spacial score (nSPS) is 8.78. The molecule has 6 heteroatoms. The fraction of sp³-hybridized carbons (Fsp3) is 0.571. The number of hydrogen-bond acceptors (Lipinski definition) is 5. The van der Waals surface area contributed by atoms with Crippen LogP contribution in [-0.4, -0.2) is 36.7 Å². The molecule has 0 atom stereocenters. The molecule has 0 saturated carbocycles. The van der Waals surface area contributed by atoms with Crippen LogP contribution < -0.4 is 0 Å². The lowest BCUT2D eigenvalue weighted by molar-refractivity contribution is -0.139. The predicted molar refractivity (Wildman–Crippen MR) is 108 cm³/mol. The number of unbranched alkanes of at least 4 members (excludes halogenated alkanes) is 3. The molecule has 0 rings (SSSR count). The van der Waals surface area contributed by atoms with Crippen molar-refractivity contribution in [3.63, 3.8) is 0 Å². The van der Waals surface area contributed by atoms with Crippen molar-refractivity contribution in [2.24, 2.45) is 0 Å². The molecule has 156 valence electrons. The minimum absolute atomic E-state index is 0.176. The largest absolute Gasteiger partial charge is 0.478 e. The number of rotatable bonds is 10. The van der Waals surface area contributed by atoms with Gasteiger partial charge in [0.2, 0.25) is 0 Å². The van der Waals surface area contributed by atoms with Crippen molar-refractivity contribution in [1.29, 1.82) is 0 Å². The number of esters is 2. The summed E-state index contributed by atoms with van der Waals surface area (Å²) in [5, 5.41) is 7.89. The highest BCUT2D eigenvalue weighted by Gasteiger charge is 2.06. The summed E-state index contributed by atoms with van der Waals surface area (Å²) < 4.78 is 9.34. The molecule has 27 heavy (non-hydrogen) atoms. The standard InChI is InChI=1S/C12H22O2.C5H8O2.C4H6O2/c1-4-6-7-8-10-14-12(13)11(3)9-5-2;1-4(2)5(6)7-3;1-3(2)4(5)6/h3-10H2,1-2H3;1H2,2-3H3;1H2,2H3,(H,5,6). The molecular weight excluding hydrogens is 348 g/mol. The molecule has 0 amide bonds. The Balaban J connectivity index is -0.000000369. The van der Waals surface area contributed by atoms with E-state index in [1.165, 1.54) is 26.9 Å². The summed E-state index contributed by atoms with van der Waals surface area (Å²) in [6.45, 7) is 18.0. The van der Waals surface area contributed by atoms with Crippen LogP contribution in [0.5, 0.6) is 0 Å². The van der Waals surface area contributed by atoms with E-state index in [0.717, 1.165) is 25.7 Å². The summed E-state index contributed by atoms with van der Waals surface area (Å²) in [6.07, 6.45) is 6.23. The third-order valence-electron chi connectivity index (χ3n) is 2.97. The zero-order valence-electron chi connectivity index (χ0n) is 17.6. The van der Waals surface area contributed by atoms with Crippen LogP contribution in [0, 0.1) is 0 Å². The van der Waals surface area contributed by atoms with Crippen LogP contribution >= 0.6 is 0 Å². The number of carbonyl (C=O) groups excluding carboxylic acids is 2. The predicted octanol–water partition coefficient (Wildman–Crippen LogP) is 4.85. The van der Waals surface area contributed by atoms with Gasteiger partial charge in [-0.15, -0.1) is 0 Å². The summed E-state index contributed by atoms with van der Waals surface area (Å²) in [5.74, 6) is -1.50. The maximum absolute atomic E-state index is 11.2. The van der Waals surface area contributed by atoms with Gasteiger partial charge in [-0.3, -0.25) is 0 Å². The first kappa shape index (κ1) is 29.4. The first-order valence-corrected chi connectivity index (χ1v) is 9.02. The second-order valence-corrected chi connectivity index (χ2v) is 5.91. The average Bonchev–Trinajstić information content (AvgIpc) is 2.61. The molecule has 0 fully saturated rings. The van der Waals surface area contributed by atoms with Crippen LogP contribution in [0.3, 0.4) is 0 Å². The Bertz CT molecular complexity index is 479. The highest BCUT2D eigenvalue weighted by molar-refractivity contribution is 5.87. The van der Waals surface area contributed by atoms with Crippen molar-refractivity contribution >= 4 is 17.9 Å². The van der Waals surface area contributed by atoms with E-state index in [9.17, 15) is 14.4 Å². The van der Waals surface area contributed by atoms with E-state index in [0.29, 0.717) is 17.8 Å². The van der Waals surface area contributed by atoms with Gasteiger partial charge < -0.3 is 14.6 Å². The van der Waals surface area contributed by atoms with Crippen molar-refractivity contribution in [3.05, 3.63) is 36.5 Å². The maximum atomic E-state index is 11.2. The average molecular weight is 385 g/mol. The number of methoxy groups -OCH3 is 1. The number of carbonyl (C=O) groups is 3. The van der Waals surface area contributed by atoms with Crippen LogP contribution in [0.4, 0.5) is 0 Å². The van der Waals surface area contributed by atoms with Gasteiger partial charge in [0.1, 0.15) is 0 Å². The Labute approximate surface area is 163 Å². The minimum atomic E-state index is -0.935. The first-order valence-electron chi connectivity index (χ1n) is 9.02. The van der Waals surface area contributed by atoms with Crippen LogP contribution in [0.25, 0.3) is 0 Å². The number of ether oxygens (including phenoxy) is 2. The van der Waals surface area contributed by atoms with Gasteiger partial charge in [0, 0.05) is 16.7 Å². The molecule has 6 nitrogen and oxygen atoms in total. The van der Waals surface area contributed by atoms with E-state index >= 15 is 0 Å². The zero-order chi connectivity index (χ0) is 21.8. The summed E-state index contributed by atoms with van der Waals surface area (Å²) in [7, 11) is 1.33. The van der Waals surface area contributed by atoms with Crippen molar-refractivity contribution in [2.75, 3.05) is 13.7 Å². The lowest BCUT2D eigenvalue weighted by Crippen LogP contribution is -2.08. The van der Waals surface area contributed by atoms with E-state index in [4.69, 9.17) is 9.84 Å². The molecule has 0 radical (unpaired) electrons. The number of hydrogen-bond donors (Lipinski definition) is 1. The highest BCUT2D eigenvalue weighted by Crippen LogP contribution is 2.05. The third-order valence-corrected chi connectivity index (χ3v) is 2.97. The van der Waals surface area contributed by atoms with Crippen LogP contribution in [0.2, 0.25) is 0 Å². The monoisotopic (exact) mass is 384 g/mol. The Kier molecular flexibility index (Phi) is 21.7. The zero-order valence-corrected chi connectivity index (χ0v) is 17.6. The topological polar surface area (TPSA) is 89.9 Å². The highest BCUT2D eigenvalue weighted by atomic mass is 16.5. The van der Waals surface area contributed by atoms with Gasteiger partial charge in [0.15, 0.2) is 0 Å². The fourth-order valence-corrected chi connectivity index (χ4v) is 1.37. The number of carboxylic acid groups (broad SMARTS) is 1. The van der Waals surface area contributed by atoms with Gasteiger partial charge in [0.05, 0.1) is 13.7 Å². The van der Waals surface area contributed by atoms with Gasteiger partial charge in [-0.25, -0.2) is 14.4 Å². The van der Waals surface area contributed by atoms with Gasteiger partial charge in [-0.05, 0) is 26.7 Å². The molecule has 0 aromatic heterocycles. The van der Waals surface area contributed by atoms with Crippen molar-refractivity contribution in [1.82, 2.24) is 0 Å². The third kappa shape index (κ3) is 23.6. The van der Waals surface area contributed by atoms with Crippen LogP contribution in [0.15, 0.2) is 36.5 Å². The molecule has 0 aromatic carbocycles. The fourth-order valence-electron chi connectivity index (χ4n) is 1.37. The Hall–Kier alpha value is -2.37. The van der Waals surface area contributed by atoms with E-state index in [2.05, 4.69) is 31.4 Å². The molecule has 0 aliphatic carbocycles. The Morgan fingerprint density at radius 3 is 1.67 bits per heavy atom. The second kappa shape index (κ2) is 19.9. The molecule has 0 heterocycles. The first-order chi connectivity index (χ1) is 12.5. The molecule has 0 aliphatic heterocycles. The number of aliphatic carboxylic acids is 1. The van der Waals surface area contributed by atoms with Gasteiger partial charge >= 0.3 is 17.9 Å². The van der Waals surface area contributed by atoms with Gasteiger partial charge in [0.25, 0.3) is 0 Å². The second-order valence-electron chi connectivity index (χ2n) is 5.91.